The maximum atomic E-state index is 2.53. The molecule has 0 unspecified atom stereocenters. The summed E-state index contributed by atoms with van der Waals surface area (Å²) in [6.45, 7) is 25.1. The second-order valence-corrected chi connectivity index (χ2v) is 12.2. The summed E-state index contributed by atoms with van der Waals surface area (Å²) in [5.41, 5.74) is 8.78. The van der Waals surface area contributed by atoms with Crippen LogP contribution in [0.3, 0.4) is 0 Å². The van der Waals surface area contributed by atoms with E-state index < -0.39 is 0 Å². The third kappa shape index (κ3) is 6.10. The molecule has 200 valence electrons. The number of benzene rings is 2. The maximum absolute atomic E-state index is 2.53. The number of anilines is 2. The highest BCUT2D eigenvalue weighted by Gasteiger charge is 2.30. The van der Waals surface area contributed by atoms with Crippen LogP contribution in [0.5, 0.6) is 0 Å². The smallest absolute Gasteiger partial charge is 0.239 e. The molecular formula is C33H50N4+2. The molecule has 0 saturated carbocycles. The standard InChI is InChI=1S/C33H50N4/c1-24(2)28-12-9-13-29(25(3)4)32(28)36-20-18-34(22-36)16-11-17-35-19-21-37(23-35)33-30(26(5)6)14-10-15-31(33)27(7)8/h9-10,12-15,22-27H,11,16-21H2,1-8H3/q+2. The van der Waals surface area contributed by atoms with Crippen LogP contribution < -0.4 is 9.80 Å². The molecule has 0 fully saturated rings. The van der Waals surface area contributed by atoms with Crippen LogP contribution in [-0.2, 0) is 0 Å². The lowest BCUT2D eigenvalue weighted by Gasteiger charge is -2.20. The van der Waals surface area contributed by atoms with Crippen LogP contribution in [0, 0.1) is 0 Å². The van der Waals surface area contributed by atoms with Gasteiger partial charge < -0.3 is 0 Å². The van der Waals surface area contributed by atoms with Crippen LogP contribution in [0.25, 0.3) is 0 Å². The van der Waals surface area contributed by atoms with E-state index in [9.17, 15) is 0 Å². The van der Waals surface area contributed by atoms with Gasteiger partial charge in [0, 0.05) is 28.7 Å². The summed E-state index contributed by atoms with van der Waals surface area (Å²) in [7, 11) is 0. The van der Waals surface area contributed by atoms with Crippen molar-refractivity contribution in [1.82, 2.24) is 0 Å². The molecule has 0 amide bonds. The van der Waals surface area contributed by atoms with Crippen molar-refractivity contribution in [2.45, 2.75) is 85.5 Å². The zero-order valence-electron chi connectivity index (χ0n) is 24.7. The lowest BCUT2D eigenvalue weighted by molar-refractivity contribution is -0.542. The summed E-state index contributed by atoms with van der Waals surface area (Å²) in [4.78, 5) is 5.04. The zero-order valence-corrected chi connectivity index (χ0v) is 24.7. The van der Waals surface area contributed by atoms with E-state index in [0.29, 0.717) is 23.7 Å². The predicted octanol–water partition coefficient (Wildman–Crippen LogP) is 6.99. The Morgan fingerprint density at radius 2 is 0.892 bits per heavy atom. The Labute approximate surface area is 226 Å². The van der Waals surface area contributed by atoms with Crippen LogP contribution in [0.4, 0.5) is 11.4 Å². The minimum Gasteiger partial charge on any atom is -0.264 e. The van der Waals surface area contributed by atoms with Crippen molar-refractivity contribution in [2.24, 2.45) is 0 Å². The highest BCUT2D eigenvalue weighted by atomic mass is 15.3. The fourth-order valence-electron chi connectivity index (χ4n) is 5.94. The molecule has 0 atom stereocenters. The molecule has 0 aromatic heterocycles. The number of rotatable bonds is 10. The largest absolute Gasteiger partial charge is 0.264 e. The van der Waals surface area contributed by atoms with Gasteiger partial charge >= 0.3 is 0 Å². The van der Waals surface area contributed by atoms with Gasteiger partial charge in [-0.1, -0.05) is 91.8 Å². The number of hydrogen-bond donors (Lipinski definition) is 0. The van der Waals surface area contributed by atoms with Crippen molar-refractivity contribution in [3.63, 3.8) is 0 Å². The first-order valence-electron chi connectivity index (χ1n) is 14.6. The normalized spacial score (nSPS) is 16.1. The molecule has 0 bridgehead atoms. The lowest BCUT2D eigenvalue weighted by atomic mass is 9.92. The van der Waals surface area contributed by atoms with Gasteiger partial charge in [0.05, 0.1) is 13.1 Å². The molecule has 0 saturated heterocycles. The molecule has 2 aliphatic rings. The minimum atomic E-state index is 0.529. The molecular weight excluding hydrogens is 452 g/mol. The summed E-state index contributed by atoms with van der Waals surface area (Å²) >= 11 is 0. The summed E-state index contributed by atoms with van der Waals surface area (Å²) in [5.74, 6) is 2.12. The first-order chi connectivity index (χ1) is 17.7. The Hall–Kier alpha value is -2.62. The third-order valence-corrected chi connectivity index (χ3v) is 8.01. The molecule has 2 aliphatic heterocycles. The molecule has 0 radical (unpaired) electrons. The Morgan fingerprint density at radius 3 is 1.19 bits per heavy atom. The van der Waals surface area contributed by atoms with Gasteiger partial charge in [-0.15, -0.1) is 0 Å². The van der Waals surface area contributed by atoms with Crippen molar-refractivity contribution in [2.75, 3.05) is 49.1 Å². The Morgan fingerprint density at radius 1 is 0.568 bits per heavy atom. The van der Waals surface area contributed by atoms with Gasteiger partial charge in [0.25, 0.3) is 0 Å². The highest BCUT2D eigenvalue weighted by molar-refractivity contribution is 5.82. The van der Waals surface area contributed by atoms with Crippen molar-refractivity contribution >= 4 is 24.1 Å². The quantitative estimate of drug-likeness (QED) is 0.325. The monoisotopic (exact) mass is 502 g/mol. The average Bonchev–Trinajstić information content (AvgIpc) is 3.52. The molecule has 37 heavy (non-hydrogen) atoms. The lowest BCUT2D eigenvalue weighted by Crippen LogP contribution is -2.22. The number of para-hydroxylation sites is 2. The van der Waals surface area contributed by atoms with Crippen LogP contribution in [0.15, 0.2) is 36.4 Å². The van der Waals surface area contributed by atoms with Crippen LogP contribution in [0.1, 0.15) is 108 Å². The second-order valence-electron chi connectivity index (χ2n) is 12.2. The van der Waals surface area contributed by atoms with E-state index >= 15 is 0 Å². The van der Waals surface area contributed by atoms with E-state index in [1.54, 1.807) is 0 Å². The SMILES string of the molecule is CC(C)c1cccc(C(C)C)c1N1C=[N+](CCC[N+]2=CN(c3c(C(C)C)cccc3C(C)C)CC2)CC1. The van der Waals surface area contributed by atoms with Crippen molar-refractivity contribution in [3.05, 3.63) is 58.7 Å². The number of nitrogens with zero attached hydrogens (tertiary/aromatic N) is 4. The predicted molar refractivity (Wildman–Crippen MR) is 161 cm³/mol. The Kier molecular flexibility index (Phi) is 8.77. The maximum Gasteiger partial charge on any atom is 0.239 e. The summed E-state index contributed by atoms with van der Waals surface area (Å²) in [6, 6.07) is 13.8. The summed E-state index contributed by atoms with van der Waals surface area (Å²) < 4.78 is 5.06. The van der Waals surface area contributed by atoms with Crippen molar-refractivity contribution in [3.8, 4) is 0 Å². The van der Waals surface area contributed by atoms with Gasteiger partial charge in [-0.25, -0.2) is 9.80 Å². The first-order valence-corrected chi connectivity index (χ1v) is 14.6. The van der Waals surface area contributed by atoms with E-state index in [2.05, 4.69) is 123 Å². The number of hydrogen-bond acceptors (Lipinski definition) is 2. The first kappa shape index (κ1) is 27.4. The van der Waals surface area contributed by atoms with Gasteiger partial charge in [0.1, 0.15) is 37.6 Å². The van der Waals surface area contributed by atoms with E-state index in [1.807, 2.05) is 0 Å². The van der Waals surface area contributed by atoms with Crippen LogP contribution in [0.2, 0.25) is 0 Å². The van der Waals surface area contributed by atoms with E-state index in [1.165, 1.54) is 40.0 Å². The van der Waals surface area contributed by atoms with E-state index in [0.717, 1.165) is 39.3 Å². The molecule has 2 aromatic rings. The van der Waals surface area contributed by atoms with E-state index in [-0.39, 0.29) is 0 Å². The fourth-order valence-corrected chi connectivity index (χ4v) is 5.94. The van der Waals surface area contributed by atoms with Crippen LogP contribution in [-0.4, -0.2) is 61.1 Å². The van der Waals surface area contributed by atoms with Crippen molar-refractivity contribution in [1.29, 1.82) is 0 Å². The fraction of sp³-hybridized carbons (Fsp3) is 0.576. The highest BCUT2D eigenvalue weighted by Crippen LogP contribution is 2.36. The van der Waals surface area contributed by atoms with Crippen molar-refractivity contribution < 1.29 is 9.15 Å². The van der Waals surface area contributed by atoms with Gasteiger partial charge in [0.2, 0.25) is 12.7 Å². The van der Waals surface area contributed by atoms with Gasteiger partial charge in [0.15, 0.2) is 0 Å². The third-order valence-electron chi connectivity index (χ3n) is 8.01. The Balaban J connectivity index is 1.43. The summed E-state index contributed by atoms with van der Waals surface area (Å²) in [5, 5.41) is 0. The van der Waals surface area contributed by atoms with Gasteiger partial charge in [-0.2, -0.15) is 0 Å². The molecule has 4 rings (SSSR count). The molecule has 4 nitrogen and oxygen atoms in total. The zero-order chi connectivity index (χ0) is 26.7. The molecule has 4 heteroatoms. The topological polar surface area (TPSA) is 12.5 Å². The van der Waals surface area contributed by atoms with Gasteiger partial charge in [-0.3, -0.25) is 9.15 Å². The average molecular weight is 503 g/mol. The van der Waals surface area contributed by atoms with Crippen LogP contribution >= 0.6 is 0 Å². The van der Waals surface area contributed by atoms with E-state index in [4.69, 9.17) is 0 Å². The van der Waals surface area contributed by atoms with Gasteiger partial charge in [-0.05, 0) is 23.7 Å². The minimum absolute atomic E-state index is 0.529. The molecule has 0 spiro atoms. The molecule has 0 aliphatic carbocycles. The second kappa shape index (κ2) is 11.8. The molecule has 2 aromatic carbocycles. The summed E-state index contributed by atoms with van der Waals surface area (Å²) in [6.07, 6.45) is 5.96. The molecule has 0 N–H and O–H groups in total. The Bertz CT molecular complexity index is 997. The molecule has 2 heterocycles.